The molecule has 0 aromatic carbocycles. The van der Waals surface area contributed by atoms with Crippen molar-refractivity contribution in [1.82, 2.24) is 4.90 Å². The minimum absolute atomic E-state index is 0.175. The zero-order chi connectivity index (χ0) is 9.68. The second kappa shape index (κ2) is 5.22. The van der Waals surface area contributed by atoms with Crippen LogP contribution in [0.2, 0.25) is 0 Å². The summed E-state index contributed by atoms with van der Waals surface area (Å²) in [6.07, 6.45) is 4.03. The summed E-state index contributed by atoms with van der Waals surface area (Å²) in [7, 11) is 0. The fourth-order valence-corrected chi connectivity index (χ4v) is 1.60. The van der Waals surface area contributed by atoms with Crippen LogP contribution < -0.4 is 0 Å². The number of rotatable bonds is 5. The van der Waals surface area contributed by atoms with Crippen LogP contribution in [0.15, 0.2) is 0 Å². The Kier molecular flexibility index (Phi) is 4.22. The molecule has 1 N–H and O–H groups in total. The van der Waals surface area contributed by atoms with Crippen LogP contribution in [-0.4, -0.2) is 35.6 Å². The number of amides is 1. The Morgan fingerprint density at radius 2 is 2.23 bits per heavy atom. The first-order valence-electron chi connectivity index (χ1n) is 5.19. The fraction of sp³-hybridized carbons (Fsp3) is 0.900. The van der Waals surface area contributed by atoms with Gasteiger partial charge >= 0.3 is 0 Å². The average molecular weight is 185 g/mol. The van der Waals surface area contributed by atoms with Gasteiger partial charge in [-0.2, -0.15) is 0 Å². The van der Waals surface area contributed by atoms with Gasteiger partial charge in [-0.1, -0.05) is 6.42 Å². The Labute approximate surface area is 79.7 Å². The van der Waals surface area contributed by atoms with Crippen LogP contribution in [0.4, 0.5) is 0 Å². The summed E-state index contributed by atoms with van der Waals surface area (Å²) in [5.74, 6) is 0.584. The molecule has 1 amide bonds. The summed E-state index contributed by atoms with van der Waals surface area (Å²) >= 11 is 0. The molecule has 0 aliphatic heterocycles. The van der Waals surface area contributed by atoms with E-state index in [9.17, 15) is 4.79 Å². The van der Waals surface area contributed by atoms with Gasteiger partial charge < -0.3 is 10.0 Å². The molecule has 0 radical (unpaired) electrons. The molecule has 0 bridgehead atoms. The Hall–Kier alpha value is -0.570. The largest absolute Gasteiger partial charge is 0.396 e. The summed E-state index contributed by atoms with van der Waals surface area (Å²) in [5.41, 5.74) is 0. The standard InChI is InChI=1S/C10H19NO2/c1-2-11(7-4-8-12)10(13)9-5-3-6-9/h9,12H,2-8H2,1H3. The molecule has 76 valence electrons. The maximum Gasteiger partial charge on any atom is 0.225 e. The predicted molar refractivity (Wildman–Crippen MR) is 51.3 cm³/mol. The second-order valence-electron chi connectivity index (χ2n) is 3.62. The third-order valence-electron chi connectivity index (χ3n) is 2.73. The van der Waals surface area contributed by atoms with E-state index in [1.807, 2.05) is 11.8 Å². The lowest BCUT2D eigenvalue weighted by molar-refractivity contribution is -0.138. The van der Waals surface area contributed by atoms with Crippen molar-refractivity contribution in [1.29, 1.82) is 0 Å². The van der Waals surface area contributed by atoms with Crippen LogP contribution in [0, 0.1) is 5.92 Å². The van der Waals surface area contributed by atoms with Crippen molar-refractivity contribution in [3.05, 3.63) is 0 Å². The van der Waals surface area contributed by atoms with Gasteiger partial charge in [0.1, 0.15) is 0 Å². The number of carbonyl (C=O) groups excluding carboxylic acids is 1. The molecule has 1 rings (SSSR count). The first-order chi connectivity index (χ1) is 6.29. The second-order valence-corrected chi connectivity index (χ2v) is 3.62. The lowest BCUT2D eigenvalue weighted by Crippen LogP contribution is -2.39. The first kappa shape index (κ1) is 10.5. The van der Waals surface area contributed by atoms with E-state index in [0.29, 0.717) is 24.8 Å². The van der Waals surface area contributed by atoms with Crippen molar-refractivity contribution in [3.8, 4) is 0 Å². The lowest BCUT2D eigenvalue weighted by atomic mass is 9.84. The summed E-state index contributed by atoms with van der Waals surface area (Å²) < 4.78 is 0. The van der Waals surface area contributed by atoms with Gasteiger partial charge in [-0.3, -0.25) is 4.79 Å². The molecule has 0 aromatic rings. The molecule has 0 unspecified atom stereocenters. The van der Waals surface area contributed by atoms with Gasteiger partial charge in [-0.25, -0.2) is 0 Å². The Bertz CT molecular complexity index is 166. The third-order valence-corrected chi connectivity index (χ3v) is 2.73. The van der Waals surface area contributed by atoms with E-state index in [1.54, 1.807) is 0 Å². The van der Waals surface area contributed by atoms with E-state index in [2.05, 4.69) is 0 Å². The van der Waals surface area contributed by atoms with Gasteiger partial charge in [0.25, 0.3) is 0 Å². The summed E-state index contributed by atoms with van der Waals surface area (Å²) in [4.78, 5) is 13.6. The maximum atomic E-state index is 11.7. The van der Waals surface area contributed by atoms with Crippen LogP contribution in [0.25, 0.3) is 0 Å². The van der Waals surface area contributed by atoms with Gasteiger partial charge in [0.15, 0.2) is 0 Å². The molecular weight excluding hydrogens is 166 g/mol. The van der Waals surface area contributed by atoms with E-state index in [4.69, 9.17) is 5.11 Å². The SMILES string of the molecule is CCN(CCCO)C(=O)C1CCC1. The van der Waals surface area contributed by atoms with Gasteiger partial charge in [0, 0.05) is 25.6 Å². The van der Waals surface area contributed by atoms with Crippen LogP contribution in [0.3, 0.4) is 0 Å². The highest BCUT2D eigenvalue weighted by Crippen LogP contribution is 2.28. The zero-order valence-electron chi connectivity index (χ0n) is 8.33. The van der Waals surface area contributed by atoms with Crippen molar-refractivity contribution in [2.45, 2.75) is 32.6 Å². The smallest absolute Gasteiger partial charge is 0.225 e. The Balaban J connectivity index is 2.30. The topological polar surface area (TPSA) is 40.5 Å². The summed E-state index contributed by atoms with van der Waals surface area (Å²) in [6.45, 7) is 3.65. The normalized spacial score (nSPS) is 16.8. The molecule has 0 spiro atoms. The van der Waals surface area contributed by atoms with Crippen molar-refractivity contribution in [2.75, 3.05) is 19.7 Å². The number of hydrogen-bond acceptors (Lipinski definition) is 2. The first-order valence-corrected chi connectivity index (χ1v) is 5.19. The highest BCUT2D eigenvalue weighted by molar-refractivity contribution is 5.79. The Morgan fingerprint density at radius 3 is 2.62 bits per heavy atom. The maximum absolute atomic E-state index is 11.7. The number of aliphatic hydroxyl groups is 1. The van der Waals surface area contributed by atoms with Crippen LogP contribution >= 0.6 is 0 Å². The predicted octanol–water partition coefficient (Wildman–Crippen LogP) is 1.02. The van der Waals surface area contributed by atoms with E-state index in [0.717, 1.165) is 19.4 Å². The van der Waals surface area contributed by atoms with Gasteiger partial charge in [0.2, 0.25) is 5.91 Å². The molecule has 3 nitrogen and oxygen atoms in total. The molecule has 13 heavy (non-hydrogen) atoms. The average Bonchev–Trinajstić information content (AvgIpc) is 2.02. The van der Waals surface area contributed by atoms with Crippen molar-refractivity contribution < 1.29 is 9.90 Å². The monoisotopic (exact) mass is 185 g/mol. The fourth-order valence-electron chi connectivity index (χ4n) is 1.60. The third kappa shape index (κ3) is 2.69. The molecule has 1 fully saturated rings. The van der Waals surface area contributed by atoms with Gasteiger partial charge in [0.05, 0.1) is 0 Å². The molecule has 0 atom stereocenters. The molecule has 1 aliphatic carbocycles. The van der Waals surface area contributed by atoms with Crippen molar-refractivity contribution >= 4 is 5.91 Å². The van der Waals surface area contributed by atoms with E-state index >= 15 is 0 Å². The van der Waals surface area contributed by atoms with Gasteiger partial charge in [-0.15, -0.1) is 0 Å². The summed E-state index contributed by atoms with van der Waals surface area (Å²) in [6, 6.07) is 0. The molecule has 1 aliphatic rings. The molecule has 0 heterocycles. The number of carbonyl (C=O) groups is 1. The number of nitrogens with zero attached hydrogens (tertiary/aromatic N) is 1. The van der Waals surface area contributed by atoms with Crippen LogP contribution in [-0.2, 0) is 4.79 Å². The zero-order valence-corrected chi connectivity index (χ0v) is 8.33. The summed E-state index contributed by atoms with van der Waals surface area (Å²) in [5, 5.41) is 8.66. The molecule has 0 aromatic heterocycles. The van der Waals surface area contributed by atoms with Crippen LogP contribution in [0.5, 0.6) is 0 Å². The number of hydrogen-bond donors (Lipinski definition) is 1. The van der Waals surface area contributed by atoms with E-state index < -0.39 is 0 Å². The van der Waals surface area contributed by atoms with Gasteiger partial charge in [-0.05, 0) is 26.2 Å². The minimum atomic E-state index is 0.175. The van der Waals surface area contributed by atoms with E-state index in [1.165, 1.54) is 6.42 Å². The Morgan fingerprint density at radius 1 is 1.54 bits per heavy atom. The minimum Gasteiger partial charge on any atom is -0.396 e. The van der Waals surface area contributed by atoms with Crippen LogP contribution in [0.1, 0.15) is 32.6 Å². The number of aliphatic hydroxyl groups excluding tert-OH is 1. The van der Waals surface area contributed by atoms with E-state index in [-0.39, 0.29) is 6.61 Å². The van der Waals surface area contributed by atoms with Crippen molar-refractivity contribution in [2.24, 2.45) is 5.92 Å². The molecule has 3 heteroatoms. The molecule has 1 saturated carbocycles. The molecular formula is C10H19NO2. The molecule has 0 saturated heterocycles. The highest BCUT2D eigenvalue weighted by Gasteiger charge is 2.28. The highest BCUT2D eigenvalue weighted by atomic mass is 16.3. The quantitative estimate of drug-likeness (QED) is 0.694. The lowest BCUT2D eigenvalue weighted by Gasteiger charge is -2.30. The van der Waals surface area contributed by atoms with Crippen molar-refractivity contribution in [3.63, 3.8) is 0 Å².